The Hall–Kier alpha value is -1.15. The fourth-order valence-electron chi connectivity index (χ4n) is 0.802. The topological polar surface area (TPSA) is 38.3 Å². The second-order valence-corrected chi connectivity index (χ2v) is 3.87. The number of carbonyl (C=O) groups is 1. The standard InChI is InChI=1S/C9H13F6NO2/c1-4-5(2)18-6(17)16-7(3,8(10,11)12)9(13,14)15/h5H,4H2,1-3H3,(H,16,17)/t5-/m0/s1. The maximum absolute atomic E-state index is 12.4. The molecular weight excluding hydrogens is 268 g/mol. The normalized spacial score (nSPS) is 15.2. The number of halogens is 6. The smallest absolute Gasteiger partial charge is 0.420 e. The van der Waals surface area contributed by atoms with Gasteiger partial charge < -0.3 is 4.74 Å². The van der Waals surface area contributed by atoms with Crippen LogP contribution in [0.15, 0.2) is 0 Å². The van der Waals surface area contributed by atoms with Crippen LogP contribution in [-0.2, 0) is 4.74 Å². The Labute approximate surface area is 99.5 Å². The first-order valence-electron chi connectivity index (χ1n) is 4.97. The van der Waals surface area contributed by atoms with E-state index in [9.17, 15) is 31.1 Å². The average molecular weight is 281 g/mol. The van der Waals surface area contributed by atoms with Crippen LogP contribution in [0.4, 0.5) is 31.1 Å². The van der Waals surface area contributed by atoms with Crippen LogP contribution in [0.1, 0.15) is 27.2 Å². The minimum absolute atomic E-state index is 0.162. The molecule has 0 spiro atoms. The molecule has 18 heavy (non-hydrogen) atoms. The Balaban J connectivity index is 5.01. The molecule has 0 aromatic carbocycles. The van der Waals surface area contributed by atoms with Gasteiger partial charge in [0.1, 0.15) is 6.10 Å². The molecule has 0 saturated carbocycles. The van der Waals surface area contributed by atoms with Gasteiger partial charge in [0.25, 0.3) is 0 Å². The lowest BCUT2D eigenvalue weighted by atomic mass is 10.0. The Morgan fingerprint density at radius 2 is 1.56 bits per heavy atom. The highest BCUT2D eigenvalue weighted by Gasteiger charge is 2.69. The molecule has 1 N–H and O–H groups in total. The number of carbonyl (C=O) groups excluding carboxylic acids is 1. The zero-order valence-corrected chi connectivity index (χ0v) is 9.87. The van der Waals surface area contributed by atoms with E-state index in [-0.39, 0.29) is 13.3 Å². The van der Waals surface area contributed by atoms with Gasteiger partial charge in [-0.1, -0.05) is 6.92 Å². The molecule has 3 nitrogen and oxygen atoms in total. The highest BCUT2D eigenvalue weighted by molar-refractivity contribution is 5.68. The van der Waals surface area contributed by atoms with Crippen LogP contribution in [-0.4, -0.2) is 30.1 Å². The summed E-state index contributed by atoms with van der Waals surface area (Å²) in [5.41, 5.74) is -4.34. The monoisotopic (exact) mass is 281 g/mol. The van der Waals surface area contributed by atoms with Crippen molar-refractivity contribution in [1.29, 1.82) is 0 Å². The van der Waals surface area contributed by atoms with E-state index in [1.54, 1.807) is 6.92 Å². The first-order chi connectivity index (χ1) is 7.85. The third kappa shape index (κ3) is 3.67. The maximum atomic E-state index is 12.4. The highest BCUT2D eigenvalue weighted by Crippen LogP contribution is 2.42. The highest BCUT2D eigenvalue weighted by atomic mass is 19.4. The minimum Gasteiger partial charge on any atom is -0.447 e. The lowest BCUT2D eigenvalue weighted by Gasteiger charge is -2.34. The van der Waals surface area contributed by atoms with Crippen molar-refractivity contribution in [3.05, 3.63) is 0 Å². The van der Waals surface area contributed by atoms with E-state index < -0.39 is 30.1 Å². The summed E-state index contributed by atoms with van der Waals surface area (Å²) < 4.78 is 78.7. The lowest BCUT2D eigenvalue weighted by Crippen LogP contribution is -2.65. The molecule has 0 rings (SSSR count). The molecule has 0 saturated heterocycles. The van der Waals surface area contributed by atoms with E-state index in [0.29, 0.717) is 0 Å². The molecule has 0 aliphatic rings. The van der Waals surface area contributed by atoms with Gasteiger partial charge in [-0.15, -0.1) is 0 Å². The molecular formula is C9H13F6NO2. The molecule has 0 aromatic rings. The number of alkyl halides is 6. The van der Waals surface area contributed by atoms with E-state index in [0.717, 1.165) is 5.32 Å². The molecule has 0 aromatic heterocycles. The number of hydrogen-bond acceptors (Lipinski definition) is 2. The van der Waals surface area contributed by atoms with Crippen LogP contribution in [0, 0.1) is 0 Å². The average Bonchev–Trinajstić information content (AvgIpc) is 2.13. The number of alkyl carbamates (subject to hydrolysis) is 1. The van der Waals surface area contributed by atoms with Crippen molar-refractivity contribution in [3.8, 4) is 0 Å². The van der Waals surface area contributed by atoms with Crippen molar-refractivity contribution >= 4 is 6.09 Å². The van der Waals surface area contributed by atoms with E-state index in [1.165, 1.54) is 6.92 Å². The molecule has 0 aliphatic carbocycles. The number of ether oxygens (including phenoxy) is 1. The summed E-state index contributed by atoms with van der Waals surface area (Å²) in [6.07, 6.45) is -13.6. The molecule has 108 valence electrons. The van der Waals surface area contributed by atoms with Crippen molar-refractivity contribution < 1.29 is 35.9 Å². The maximum Gasteiger partial charge on any atom is 0.420 e. The molecule has 0 radical (unpaired) electrons. The van der Waals surface area contributed by atoms with Crippen LogP contribution in [0.3, 0.4) is 0 Å². The van der Waals surface area contributed by atoms with E-state index >= 15 is 0 Å². The fraction of sp³-hybridized carbons (Fsp3) is 0.889. The van der Waals surface area contributed by atoms with Gasteiger partial charge in [-0.25, -0.2) is 4.79 Å². The third-order valence-electron chi connectivity index (χ3n) is 2.37. The van der Waals surface area contributed by atoms with Gasteiger partial charge >= 0.3 is 18.4 Å². The summed E-state index contributed by atoms with van der Waals surface area (Å²) in [4.78, 5) is 11.0. The van der Waals surface area contributed by atoms with Crippen molar-refractivity contribution in [1.82, 2.24) is 5.32 Å². The Kier molecular flexibility index (Phi) is 4.90. The molecule has 0 bridgehead atoms. The van der Waals surface area contributed by atoms with Gasteiger partial charge in [0, 0.05) is 0 Å². The zero-order valence-electron chi connectivity index (χ0n) is 9.87. The van der Waals surface area contributed by atoms with Crippen molar-refractivity contribution in [2.45, 2.75) is 51.2 Å². The van der Waals surface area contributed by atoms with Crippen LogP contribution in [0.5, 0.6) is 0 Å². The molecule has 0 aliphatic heterocycles. The molecule has 1 amide bonds. The minimum atomic E-state index is -5.68. The summed E-state index contributed by atoms with van der Waals surface area (Å²) in [6.45, 7) is 2.74. The van der Waals surface area contributed by atoms with Gasteiger partial charge in [0.05, 0.1) is 0 Å². The zero-order chi connectivity index (χ0) is 14.8. The van der Waals surface area contributed by atoms with E-state index in [1.807, 2.05) is 0 Å². The first-order valence-corrected chi connectivity index (χ1v) is 4.97. The van der Waals surface area contributed by atoms with Gasteiger partial charge in [0.2, 0.25) is 5.54 Å². The quantitative estimate of drug-likeness (QED) is 0.805. The predicted octanol–water partition coefficient (Wildman–Crippen LogP) is 3.39. The summed E-state index contributed by atoms with van der Waals surface area (Å²) >= 11 is 0. The summed E-state index contributed by atoms with van der Waals surface area (Å²) in [6, 6.07) is 0. The SMILES string of the molecule is CC[C@H](C)OC(=O)NC(C)(C(F)(F)F)C(F)(F)F. The summed E-state index contributed by atoms with van der Waals surface area (Å²) in [7, 11) is 0. The molecule has 0 unspecified atom stereocenters. The number of amides is 1. The van der Waals surface area contributed by atoms with Gasteiger partial charge in [-0.05, 0) is 20.3 Å². The Morgan fingerprint density at radius 1 is 1.17 bits per heavy atom. The number of hydrogen-bond donors (Lipinski definition) is 1. The van der Waals surface area contributed by atoms with Crippen LogP contribution in [0.25, 0.3) is 0 Å². The number of nitrogens with one attached hydrogen (secondary N) is 1. The third-order valence-corrected chi connectivity index (χ3v) is 2.37. The molecule has 1 atom stereocenters. The lowest BCUT2D eigenvalue weighted by molar-refractivity contribution is -0.298. The van der Waals surface area contributed by atoms with Crippen molar-refractivity contribution in [2.75, 3.05) is 0 Å². The fourth-order valence-corrected chi connectivity index (χ4v) is 0.802. The predicted molar refractivity (Wildman–Crippen MR) is 49.9 cm³/mol. The van der Waals surface area contributed by atoms with Crippen molar-refractivity contribution in [2.24, 2.45) is 0 Å². The van der Waals surface area contributed by atoms with Crippen LogP contribution < -0.4 is 5.32 Å². The van der Waals surface area contributed by atoms with Crippen LogP contribution >= 0.6 is 0 Å². The molecule has 9 heteroatoms. The van der Waals surface area contributed by atoms with Gasteiger partial charge in [0.15, 0.2) is 0 Å². The van der Waals surface area contributed by atoms with E-state index in [4.69, 9.17) is 0 Å². The Bertz CT molecular complexity index is 284. The molecule has 0 heterocycles. The second kappa shape index (κ2) is 5.23. The Morgan fingerprint density at radius 3 is 1.83 bits per heavy atom. The first kappa shape index (κ1) is 16.9. The van der Waals surface area contributed by atoms with Gasteiger partial charge in [-0.3, -0.25) is 5.32 Å². The van der Waals surface area contributed by atoms with Gasteiger partial charge in [-0.2, -0.15) is 26.3 Å². The largest absolute Gasteiger partial charge is 0.447 e. The second-order valence-electron chi connectivity index (χ2n) is 3.87. The molecule has 0 fully saturated rings. The number of rotatable bonds is 3. The van der Waals surface area contributed by atoms with Crippen molar-refractivity contribution in [3.63, 3.8) is 0 Å². The summed E-state index contributed by atoms with van der Waals surface area (Å²) in [5.74, 6) is 0. The summed E-state index contributed by atoms with van der Waals surface area (Å²) in [5, 5.41) is 0.827. The van der Waals surface area contributed by atoms with E-state index in [2.05, 4.69) is 4.74 Å². The van der Waals surface area contributed by atoms with Crippen LogP contribution in [0.2, 0.25) is 0 Å².